The van der Waals surface area contributed by atoms with Crippen LogP contribution in [0.15, 0.2) is 67.3 Å². The monoisotopic (exact) mass is 304 g/mol. The highest BCUT2D eigenvalue weighted by Gasteiger charge is 1.96. The van der Waals surface area contributed by atoms with Crippen LogP contribution in [0.2, 0.25) is 0 Å². The second-order valence-corrected chi connectivity index (χ2v) is 4.92. The van der Waals surface area contributed by atoms with E-state index >= 15 is 0 Å². The van der Waals surface area contributed by atoms with Crippen LogP contribution in [0.3, 0.4) is 0 Å². The molecule has 0 aliphatic carbocycles. The molecule has 2 heterocycles. The predicted octanol–water partition coefficient (Wildman–Crippen LogP) is 3.26. The standard InChI is InChI=1S/C22H12N2/c1-2-18-15-21(5-3-19-7-11-23-12-8-19)17-22(16-18)6-4-20-9-13-24-14-10-20/h1,7-17H. The van der Waals surface area contributed by atoms with Gasteiger partial charge in [-0.1, -0.05) is 29.6 Å². The zero-order chi connectivity index (χ0) is 16.6. The van der Waals surface area contributed by atoms with Gasteiger partial charge >= 0.3 is 0 Å². The molecule has 24 heavy (non-hydrogen) atoms. The van der Waals surface area contributed by atoms with Crippen molar-refractivity contribution in [2.45, 2.75) is 0 Å². The highest BCUT2D eigenvalue weighted by atomic mass is 14.6. The van der Waals surface area contributed by atoms with Crippen LogP contribution < -0.4 is 0 Å². The summed E-state index contributed by atoms with van der Waals surface area (Å²) in [5.41, 5.74) is 4.24. The maximum atomic E-state index is 5.54. The summed E-state index contributed by atoms with van der Waals surface area (Å²) in [4.78, 5) is 7.96. The topological polar surface area (TPSA) is 25.8 Å². The lowest BCUT2D eigenvalue weighted by molar-refractivity contribution is 1.32. The van der Waals surface area contributed by atoms with Crippen molar-refractivity contribution in [1.29, 1.82) is 0 Å². The first-order valence-corrected chi connectivity index (χ1v) is 7.29. The maximum absolute atomic E-state index is 5.54. The van der Waals surface area contributed by atoms with Crippen molar-refractivity contribution in [3.05, 3.63) is 95.1 Å². The second kappa shape index (κ2) is 7.46. The van der Waals surface area contributed by atoms with E-state index in [1.807, 2.05) is 42.5 Å². The number of rotatable bonds is 0. The first kappa shape index (κ1) is 15.1. The molecule has 3 aromatic rings. The second-order valence-electron chi connectivity index (χ2n) is 4.92. The van der Waals surface area contributed by atoms with Crippen molar-refractivity contribution in [1.82, 2.24) is 9.97 Å². The molecule has 0 atom stereocenters. The van der Waals surface area contributed by atoms with Gasteiger partial charge in [-0.2, -0.15) is 0 Å². The third-order valence-corrected chi connectivity index (χ3v) is 3.16. The van der Waals surface area contributed by atoms with Crippen molar-refractivity contribution in [2.75, 3.05) is 0 Å². The Labute approximate surface area is 141 Å². The number of benzene rings is 1. The fraction of sp³-hybridized carbons (Fsp3) is 0. The van der Waals surface area contributed by atoms with Gasteiger partial charge in [0, 0.05) is 52.6 Å². The average Bonchev–Trinajstić information content (AvgIpc) is 2.66. The Kier molecular flexibility index (Phi) is 4.70. The molecule has 0 fully saturated rings. The van der Waals surface area contributed by atoms with Crippen molar-refractivity contribution >= 4 is 0 Å². The summed E-state index contributed by atoms with van der Waals surface area (Å²) in [5.74, 6) is 15.1. The minimum atomic E-state index is 0.760. The quantitative estimate of drug-likeness (QED) is 0.596. The summed E-state index contributed by atoms with van der Waals surface area (Å²) in [5, 5.41) is 0. The third kappa shape index (κ3) is 4.11. The zero-order valence-electron chi connectivity index (χ0n) is 12.8. The lowest BCUT2D eigenvalue weighted by atomic mass is 10.1. The van der Waals surface area contributed by atoms with Crippen LogP contribution in [0, 0.1) is 36.0 Å². The Morgan fingerprint density at radius 1 is 0.542 bits per heavy atom. The minimum Gasteiger partial charge on any atom is -0.265 e. The maximum Gasteiger partial charge on any atom is 0.0280 e. The molecule has 0 amide bonds. The Hall–Kier alpha value is -3.80. The number of aromatic nitrogens is 2. The van der Waals surface area contributed by atoms with Crippen LogP contribution in [0.1, 0.15) is 27.8 Å². The molecule has 2 aromatic heterocycles. The molecule has 0 unspecified atom stereocenters. The Balaban J connectivity index is 1.94. The molecule has 0 spiro atoms. The molecule has 1 aromatic carbocycles. The highest BCUT2D eigenvalue weighted by Crippen LogP contribution is 2.09. The van der Waals surface area contributed by atoms with Gasteiger partial charge in [0.25, 0.3) is 0 Å². The number of nitrogens with zero attached hydrogens (tertiary/aromatic N) is 2. The number of hydrogen-bond donors (Lipinski definition) is 0. The van der Waals surface area contributed by atoms with E-state index in [2.05, 4.69) is 39.6 Å². The normalized spacial score (nSPS) is 8.96. The van der Waals surface area contributed by atoms with Gasteiger partial charge in [-0.3, -0.25) is 9.97 Å². The predicted molar refractivity (Wildman–Crippen MR) is 94.8 cm³/mol. The molecular formula is C22H12N2. The van der Waals surface area contributed by atoms with E-state index in [-0.39, 0.29) is 0 Å². The lowest BCUT2D eigenvalue weighted by Crippen LogP contribution is -1.85. The highest BCUT2D eigenvalue weighted by molar-refractivity contribution is 5.53. The van der Waals surface area contributed by atoms with E-state index in [1.165, 1.54) is 0 Å². The minimum absolute atomic E-state index is 0.760. The van der Waals surface area contributed by atoms with Crippen molar-refractivity contribution in [3.63, 3.8) is 0 Å². The molecule has 3 rings (SSSR count). The van der Waals surface area contributed by atoms with Crippen LogP contribution in [0.4, 0.5) is 0 Å². The van der Waals surface area contributed by atoms with E-state index < -0.39 is 0 Å². The summed E-state index contributed by atoms with van der Waals surface area (Å²) in [7, 11) is 0. The number of hydrogen-bond acceptors (Lipinski definition) is 2. The van der Waals surface area contributed by atoms with Gasteiger partial charge in [0.05, 0.1) is 0 Å². The summed E-state index contributed by atoms with van der Waals surface area (Å²) < 4.78 is 0. The van der Waals surface area contributed by atoms with Crippen LogP contribution >= 0.6 is 0 Å². The molecule has 0 saturated heterocycles. The molecule has 2 nitrogen and oxygen atoms in total. The van der Waals surface area contributed by atoms with Crippen molar-refractivity contribution in [2.24, 2.45) is 0 Å². The van der Waals surface area contributed by atoms with Gasteiger partial charge in [0.15, 0.2) is 0 Å². The van der Waals surface area contributed by atoms with E-state index in [0.29, 0.717) is 0 Å². The van der Waals surface area contributed by atoms with Crippen LogP contribution in [-0.2, 0) is 0 Å². The first-order chi connectivity index (χ1) is 11.8. The zero-order valence-corrected chi connectivity index (χ0v) is 12.8. The van der Waals surface area contributed by atoms with E-state index in [9.17, 15) is 0 Å². The van der Waals surface area contributed by atoms with E-state index in [1.54, 1.807) is 24.8 Å². The Morgan fingerprint density at radius 2 is 0.917 bits per heavy atom. The summed E-state index contributed by atoms with van der Waals surface area (Å²) in [6.07, 6.45) is 12.4. The van der Waals surface area contributed by atoms with Gasteiger partial charge in [-0.25, -0.2) is 0 Å². The van der Waals surface area contributed by atoms with Gasteiger partial charge in [-0.05, 0) is 42.5 Å². The van der Waals surface area contributed by atoms with E-state index in [0.717, 1.165) is 27.8 Å². The summed E-state index contributed by atoms with van der Waals surface area (Å²) in [6, 6.07) is 13.1. The largest absolute Gasteiger partial charge is 0.265 e. The third-order valence-electron chi connectivity index (χ3n) is 3.16. The first-order valence-electron chi connectivity index (χ1n) is 7.29. The smallest absolute Gasteiger partial charge is 0.0280 e. The summed E-state index contributed by atoms with van der Waals surface area (Å²) >= 11 is 0. The van der Waals surface area contributed by atoms with E-state index in [4.69, 9.17) is 6.42 Å². The van der Waals surface area contributed by atoms with Crippen molar-refractivity contribution < 1.29 is 0 Å². The Morgan fingerprint density at radius 3 is 1.33 bits per heavy atom. The summed E-state index contributed by atoms with van der Waals surface area (Å²) in [6.45, 7) is 0. The van der Waals surface area contributed by atoms with Gasteiger partial charge < -0.3 is 0 Å². The number of terminal acetylenes is 1. The molecular weight excluding hydrogens is 292 g/mol. The molecule has 2 heteroatoms. The molecule has 0 aliphatic rings. The number of pyridine rings is 2. The fourth-order valence-corrected chi connectivity index (χ4v) is 2.01. The molecule has 0 saturated carbocycles. The molecule has 110 valence electrons. The average molecular weight is 304 g/mol. The Bertz CT molecular complexity index is 930. The van der Waals surface area contributed by atoms with Gasteiger partial charge in [-0.15, -0.1) is 6.42 Å². The lowest BCUT2D eigenvalue weighted by Gasteiger charge is -1.97. The molecule has 0 bridgehead atoms. The van der Waals surface area contributed by atoms with Crippen molar-refractivity contribution in [3.8, 4) is 36.0 Å². The molecule has 0 aliphatic heterocycles. The van der Waals surface area contributed by atoms with Gasteiger partial charge in [0.1, 0.15) is 0 Å². The van der Waals surface area contributed by atoms with Crippen LogP contribution in [0.25, 0.3) is 0 Å². The van der Waals surface area contributed by atoms with Crippen LogP contribution in [-0.4, -0.2) is 9.97 Å². The fourth-order valence-electron chi connectivity index (χ4n) is 2.01. The SMILES string of the molecule is C#Cc1cc(C#Cc2ccncc2)cc(C#Cc2ccncc2)c1. The molecule has 0 N–H and O–H groups in total. The molecule has 0 radical (unpaired) electrons. The van der Waals surface area contributed by atoms with Gasteiger partial charge in [0.2, 0.25) is 0 Å². The van der Waals surface area contributed by atoms with Crippen LogP contribution in [0.5, 0.6) is 0 Å².